The van der Waals surface area contributed by atoms with Crippen LogP contribution in [-0.4, -0.2) is 9.13 Å². The first kappa shape index (κ1) is 49.2. The molecule has 2 aliphatic rings. The summed E-state index contributed by atoms with van der Waals surface area (Å²) >= 11 is 0. The molecule has 0 spiro atoms. The third-order valence-electron chi connectivity index (χ3n) is 19.1. The van der Waals surface area contributed by atoms with Gasteiger partial charge in [-0.1, -0.05) is 210 Å². The normalized spacial score (nSPS) is 13.6. The number of para-hydroxylation sites is 4. The van der Waals surface area contributed by atoms with Crippen molar-refractivity contribution in [2.24, 2.45) is 0 Å². The van der Waals surface area contributed by atoms with Crippen molar-refractivity contribution >= 4 is 71.4 Å². The molecule has 85 heavy (non-hydrogen) atoms. The number of rotatable bonds is 8. The van der Waals surface area contributed by atoms with Crippen LogP contribution in [0.25, 0.3) is 121 Å². The summed E-state index contributed by atoms with van der Waals surface area (Å²) in [5.41, 5.74) is 27.9. The zero-order valence-electron chi connectivity index (χ0n) is 48.0. The molecule has 0 radical (unpaired) electrons. The Hall–Kier alpha value is -10.5. The third-order valence-corrected chi connectivity index (χ3v) is 19.1. The van der Waals surface area contributed by atoms with Crippen LogP contribution in [0.4, 0.5) is 17.1 Å². The van der Waals surface area contributed by atoms with Crippen molar-refractivity contribution in [2.75, 3.05) is 4.90 Å². The van der Waals surface area contributed by atoms with Gasteiger partial charge in [0.1, 0.15) is 0 Å². The molecule has 0 saturated heterocycles. The molecule has 0 aliphatic heterocycles. The summed E-state index contributed by atoms with van der Waals surface area (Å²) < 4.78 is 4.81. The molecule has 17 rings (SSSR count). The third kappa shape index (κ3) is 7.46. The molecule has 15 aromatic rings. The Bertz CT molecular complexity index is 5220. The van der Waals surface area contributed by atoms with Crippen molar-refractivity contribution in [1.82, 2.24) is 9.13 Å². The number of hydrogen-bond donors (Lipinski definition) is 0. The Morgan fingerprint density at radius 3 is 1.25 bits per heavy atom. The fourth-order valence-electron chi connectivity index (χ4n) is 14.8. The Balaban J connectivity index is 0.756. The minimum atomic E-state index is -0.271. The molecule has 0 amide bonds. The molecule has 0 fully saturated rings. The van der Waals surface area contributed by atoms with E-state index in [9.17, 15) is 0 Å². The molecule has 2 heterocycles. The maximum absolute atomic E-state index is 2.49. The van der Waals surface area contributed by atoms with E-state index in [-0.39, 0.29) is 10.8 Å². The van der Waals surface area contributed by atoms with Crippen LogP contribution in [0.5, 0.6) is 0 Å². The van der Waals surface area contributed by atoms with Gasteiger partial charge in [-0.25, -0.2) is 0 Å². The van der Waals surface area contributed by atoms with Gasteiger partial charge in [0, 0.05) is 60.8 Å². The van der Waals surface area contributed by atoms with Crippen LogP contribution in [0.1, 0.15) is 49.9 Å². The van der Waals surface area contributed by atoms with Crippen molar-refractivity contribution in [3.63, 3.8) is 0 Å². The van der Waals surface area contributed by atoms with Gasteiger partial charge in [0.2, 0.25) is 0 Å². The van der Waals surface area contributed by atoms with E-state index in [1.54, 1.807) is 0 Å². The first-order valence-electron chi connectivity index (χ1n) is 29.8. The van der Waals surface area contributed by atoms with Crippen LogP contribution in [0.3, 0.4) is 0 Å². The molecule has 3 heteroatoms. The molecular formula is C82H59N3. The molecule has 2 aliphatic carbocycles. The Kier molecular flexibility index (Phi) is 10.7. The lowest BCUT2D eigenvalue weighted by molar-refractivity contribution is 0.660. The SMILES string of the molecule is CC1(C)c2cc(-c3ccc4c(c3)c3ccccc3n4-c3ccccc3)ccc2-c2ccc(N(c3ccc(-c4cccc5ccccc45)cc3)c3ccc4c(c3)C(C)(C)c3cc(-c5ccc6c7ccccc7n(-c7ccccc7)c6c5)ccc3-4)cc21. The van der Waals surface area contributed by atoms with E-state index >= 15 is 0 Å². The van der Waals surface area contributed by atoms with Crippen LogP contribution < -0.4 is 4.90 Å². The van der Waals surface area contributed by atoms with E-state index in [0.717, 1.165) is 17.1 Å². The maximum Gasteiger partial charge on any atom is 0.0547 e. The summed E-state index contributed by atoms with van der Waals surface area (Å²) in [6, 6.07) is 106. The van der Waals surface area contributed by atoms with Crippen molar-refractivity contribution in [3.8, 4) is 67.0 Å². The van der Waals surface area contributed by atoms with Gasteiger partial charge in [0.25, 0.3) is 0 Å². The Morgan fingerprint density at radius 2 is 0.647 bits per heavy atom. The Morgan fingerprint density at radius 1 is 0.247 bits per heavy atom. The first-order chi connectivity index (χ1) is 41.7. The summed E-state index contributed by atoms with van der Waals surface area (Å²) in [6.07, 6.45) is 0. The molecule has 0 bridgehead atoms. The monoisotopic (exact) mass is 1090 g/mol. The fraction of sp³-hybridized carbons (Fsp3) is 0.0732. The van der Waals surface area contributed by atoms with Gasteiger partial charge in [-0.15, -0.1) is 0 Å². The number of aromatic nitrogens is 2. The highest BCUT2D eigenvalue weighted by Gasteiger charge is 2.39. The molecule has 402 valence electrons. The van der Waals surface area contributed by atoms with Gasteiger partial charge >= 0.3 is 0 Å². The second kappa shape index (κ2) is 18.5. The number of benzene rings is 13. The lowest BCUT2D eigenvalue weighted by Crippen LogP contribution is -2.18. The topological polar surface area (TPSA) is 13.1 Å². The first-order valence-corrected chi connectivity index (χ1v) is 29.8. The minimum Gasteiger partial charge on any atom is -0.310 e. The van der Waals surface area contributed by atoms with E-state index in [2.05, 4.69) is 327 Å². The lowest BCUT2D eigenvalue weighted by Gasteiger charge is -2.30. The highest BCUT2D eigenvalue weighted by molar-refractivity contribution is 6.12. The maximum atomic E-state index is 2.49. The molecule has 0 N–H and O–H groups in total. The predicted molar refractivity (Wildman–Crippen MR) is 359 cm³/mol. The highest BCUT2D eigenvalue weighted by atomic mass is 15.1. The van der Waals surface area contributed by atoms with E-state index in [1.807, 2.05) is 0 Å². The van der Waals surface area contributed by atoms with Crippen molar-refractivity contribution in [2.45, 2.75) is 38.5 Å². The number of fused-ring (bicyclic) bond motifs is 13. The van der Waals surface area contributed by atoms with Crippen LogP contribution in [0.2, 0.25) is 0 Å². The zero-order chi connectivity index (χ0) is 56.7. The van der Waals surface area contributed by atoms with E-state index in [4.69, 9.17) is 0 Å². The molecule has 0 unspecified atom stereocenters. The van der Waals surface area contributed by atoms with Gasteiger partial charge in [-0.2, -0.15) is 0 Å². The van der Waals surface area contributed by atoms with Gasteiger partial charge in [0.15, 0.2) is 0 Å². The molecule has 13 aromatic carbocycles. The van der Waals surface area contributed by atoms with Crippen LogP contribution in [-0.2, 0) is 10.8 Å². The second-order valence-electron chi connectivity index (χ2n) is 24.5. The summed E-state index contributed by atoms with van der Waals surface area (Å²) in [6.45, 7) is 9.65. The van der Waals surface area contributed by atoms with Crippen LogP contribution >= 0.6 is 0 Å². The molecule has 2 aromatic heterocycles. The zero-order valence-corrected chi connectivity index (χ0v) is 48.0. The van der Waals surface area contributed by atoms with Gasteiger partial charge in [-0.3, -0.25) is 0 Å². The van der Waals surface area contributed by atoms with Crippen molar-refractivity contribution < 1.29 is 0 Å². The molecular weight excluding hydrogens is 1030 g/mol. The smallest absolute Gasteiger partial charge is 0.0547 e. The van der Waals surface area contributed by atoms with Gasteiger partial charge < -0.3 is 14.0 Å². The van der Waals surface area contributed by atoms with E-state index in [0.29, 0.717) is 0 Å². The van der Waals surface area contributed by atoms with E-state index in [1.165, 1.54) is 144 Å². The number of hydrogen-bond acceptors (Lipinski definition) is 1. The standard InChI is InChI=1S/C82H59N3/c1-81(2)73-47-55(54-35-45-79-72(46-54)70-26-14-16-29-78(70)84(79)58-20-7-5-8-21-58)32-40-65(73)67-43-38-61(50-75(67)81)83(60-36-30-53(31-37-60)64-27-17-19-52-18-11-12-24-63(52)64)62-39-44-68-66-41-33-56(48-74(66)82(3,4)76(68)51-62)57-34-42-71-69-25-13-15-28-77(69)85(80(71)49-57)59-22-9-6-10-23-59/h5-51H,1-4H3. The largest absolute Gasteiger partial charge is 0.310 e. The van der Waals surface area contributed by atoms with Crippen LogP contribution in [0.15, 0.2) is 285 Å². The molecule has 3 nitrogen and oxygen atoms in total. The average Bonchev–Trinajstić information content (AvgIpc) is 1.77. The van der Waals surface area contributed by atoms with E-state index < -0.39 is 0 Å². The summed E-state index contributed by atoms with van der Waals surface area (Å²) in [5, 5.41) is 7.55. The van der Waals surface area contributed by atoms with Gasteiger partial charge in [0.05, 0.1) is 22.1 Å². The molecule has 0 saturated carbocycles. The van der Waals surface area contributed by atoms with Crippen LogP contribution in [0, 0.1) is 0 Å². The lowest BCUT2D eigenvalue weighted by atomic mass is 9.81. The predicted octanol–water partition coefficient (Wildman–Crippen LogP) is 22.1. The number of anilines is 3. The van der Waals surface area contributed by atoms with Gasteiger partial charge in [-0.05, 0) is 192 Å². The minimum absolute atomic E-state index is 0.268. The Labute approximate surface area is 495 Å². The molecule has 0 atom stereocenters. The fourth-order valence-corrected chi connectivity index (χ4v) is 14.8. The van der Waals surface area contributed by atoms with Crippen molar-refractivity contribution in [3.05, 3.63) is 307 Å². The number of nitrogens with zero attached hydrogens (tertiary/aromatic N) is 3. The summed E-state index contributed by atoms with van der Waals surface area (Å²) in [4.78, 5) is 2.49. The highest BCUT2D eigenvalue weighted by Crippen LogP contribution is 2.55. The van der Waals surface area contributed by atoms with Crippen molar-refractivity contribution in [1.29, 1.82) is 0 Å². The quantitative estimate of drug-likeness (QED) is 0.148. The summed E-state index contributed by atoms with van der Waals surface area (Å²) in [7, 11) is 0. The summed E-state index contributed by atoms with van der Waals surface area (Å²) in [5.74, 6) is 0. The average molecular weight is 1090 g/mol. The second-order valence-corrected chi connectivity index (χ2v) is 24.5.